The van der Waals surface area contributed by atoms with E-state index in [0.717, 1.165) is 0 Å². The first-order chi connectivity index (χ1) is 11.0. The van der Waals surface area contributed by atoms with Gasteiger partial charge in [0.25, 0.3) is 5.91 Å². The van der Waals surface area contributed by atoms with Gasteiger partial charge in [-0.3, -0.25) is 14.4 Å². The highest BCUT2D eigenvalue weighted by Gasteiger charge is 2.50. The summed E-state index contributed by atoms with van der Waals surface area (Å²) in [7, 11) is 0. The number of rotatable bonds is 3. The molecular weight excluding hydrogens is 303 g/mol. The number of halogens is 1. The number of carboxylic acids is 1. The molecule has 0 bridgehead atoms. The van der Waals surface area contributed by atoms with Crippen molar-refractivity contribution in [3.63, 3.8) is 0 Å². The fourth-order valence-electron chi connectivity index (χ4n) is 2.88. The van der Waals surface area contributed by atoms with Crippen LogP contribution in [0.5, 0.6) is 0 Å². The van der Waals surface area contributed by atoms with Crippen LogP contribution in [0, 0.1) is 17.7 Å². The summed E-state index contributed by atoms with van der Waals surface area (Å²) in [4.78, 5) is 38.6. The third kappa shape index (κ3) is 3.18. The molecule has 23 heavy (non-hydrogen) atoms. The molecule has 0 radical (unpaired) electrons. The molecule has 1 aliphatic heterocycles. The number of aliphatic carboxylic acids is 1. The first kappa shape index (κ1) is 15.5. The van der Waals surface area contributed by atoms with Crippen molar-refractivity contribution in [2.75, 3.05) is 26.2 Å². The predicted molar refractivity (Wildman–Crippen MR) is 78.1 cm³/mol. The topological polar surface area (TPSA) is 77.9 Å². The largest absolute Gasteiger partial charge is 0.481 e. The molecule has 1 saturated carbocycles. The van der Waals surface area contributed by atoms with Crippen molar-refractivity contribution in [3.05, 3.63) is 35.6 Å². The normalized spacial score (nSPS) is 23.5. The van der Waals surface area contributed by atoms with Crippen molar-refractivity contribution in [2.24, 2.45) is 11.8 Å². The van der Waals surface area contributed by atoms with Gasteiger partial charge in [0, 0.05) is 31.7 Å². The molecule has 1 aromatic rings. The van der Waals surface area contributed by atoms with Crippen molar-refractivity contribution in [1.29, 1.82) is 0 Å². The Morgan fingerprint density at radius 3 is 2.04 bits per heavy atom. The van der Waals surface area contributed by atoms with Crippen LogP contribution >= 0.6 is 0 Å². The van der Waals surface area contributed by atoms with E-state index >= 15 is 0 Å². The van der Waals surface area contributed by atoms with Crippen molar-refractivity contribution in [2.45, 2.75) is 6.42 Å². The Balaban J connectivity index is 1.54. The average molecular weight is 320 g/mol. The van der Waals surface area contributed by atoms with Crippen LogP contribution in [0.1, 0.15) is 16.8 Å². The first-order valence-corrected chi connectivity index (χ1v) is 7.54. The van der Waals surface area contributed by atoms with Crippen LogP contribution in [0.15, 0.2) is 24.3 Å². The number of carboxylic acid groups (broad SMARTS) is 1. The lowest BCUT2D eigenvalue weighted by atomic mass is 10.1. The quantitative estimate of drug-likeness (QED) is 0.895. The summed E-state index contributed by atoms with van der Waals surface area (Å²) in [6.45, 7) is 1.59. The van der Waals surface area contributed by atoms with Crippen LogP contribution in [-0.2, 0) is 9.59 Å². The molecule has 3 rings (SSSR count). The Bertz CT molecular complexity index is 638. The van der Waals surface area contributed by atoms with E-state index in [4.69, 9.17) is 5.11 Å². The van der Waals surface area contributed by atoms with E-state index in [1.54, 1.807) is 9.80 Å². The Hall–Kier alpha value is -2.44. The zero-order valence-corrected chi connectivity index (χ0v) is 12.4. The second-order valence-electron chi connectivity index (χ2n) is 5.91. The smallest absolute Gasteiger partial charge is 0.307 e. The number of carbonyl (C=O) groups is 3. The molecular formula is C16H17FN2O4. The van der Waals surface area contributed by atoms with Crippen LogP contribution in [0.4, 0.5) is 4.39 Å². The van der Waals surface area contributed by atoms with Gasteiger partial charge in [-0.05, 0) is 30.7 Å². The summed E-state index contributed by atoms with van der Waals surface area (Å²) in [6.07, 6.45) is 0.406. The maximum absolute atomic E-state index is 12.9. The Kier molecular flexibility index (Phi) is 4.02. The van der Waals surface area contributed by atoms with E-state index < -0.39 is 23.6 Å². The van der Waals surface area contributed by atoms with E-state index in [1.807, 2.05) is 0 Å². The maximum atomic E-state index is 12.9. The standard InChI is InChI=1S/C16H17FN2O4/c17-11-3-1-10(2-4-11)14(20)18-5-7-19(8-6-18)15(21)12-9-13(12)16(22)23/h1-4,12-13H,5-9H2,(H,22,23). The lowest BCUT2D eigenvalue weighted by Gasteiger charge is -2.35. The van der Waals surface area contributed by atoms with Crippen molar-refractivity contribution in [3.8, 4) is 0 Å². The van der Waals surface area contributed by atoms with E-state index in [0.29, 0.717) is 38.2 Å². The van der Waals surface area contributed by atoms with Gasteiger partial charge < -0.3 is 14.9 Å². The van der Waals surface area contributed by atoms with Crippen molar-refractivity contribution in [1.82, 2.24) is 9.80 Å². The number of piperazine rings is 1. The molecule has 1 aromatic carbocycles. The summed E-state index contributed by atoms with van der Waals surface area (Å²) < 4.78 is 12.9. The van der Waals surface area contributed by atoms with E-state index in [1.165, 1.54) is 24.3 Å². The molecule has 2 unspecified atom stereocenters. The van der Waals surface area contributed by atoms with Crippen LogP contribution in [0.2, 0.25) is 0 Å². The highest BCUT2D eigenvalue weighted by atomic mass is 19.1. The number of amides is 2. The van der Waals surface area contributed by atoms with Crippen LogP contribution in [-0.4, -0.2) is 58.9 Å². The van der Waals surface area contributed by atoms with Gasteiger partial charge in [0.05, 0.1) is 11.8 Å². The summed E-state index contributed by atoms with van der Waals surface area (Å²) in [5.41, 5.74) is 0.416. The third-order valence-corrected chi connectivity index (χ3v) is 4.39. The Morgan fingerprint density at radius 1 is 0.957 bits per heavy atom. The minimum Gasteiger partial charge on any atom is -0.481 e. The van der Waals surface area contributed by atoms with Crippen molar-refractivity contribution >= 4 is 17.8 Å². The molecule has 1 N–H and O–H groups in total. The molecule has 7 heteroatoms. The van der Waals surface area contributed by atoms with Crippen molar-refractivity contribution < 1.29 is 23.9 Å². The van der Waals surface area contributed by atoms with Gasteiger partial charge in [-0.1, -0.05) is 0 Å². The predicted octanol–water partition coefficient (Wildman–Crippen LogP) is 0.831. The molecule has 1 saturated heterocycles. The minimum absolute atomic E-state index is 0.133. The summed E-state index contributed by atoms with van der Waals surface area (Å²) in [5, 5.41) is 8.88. The molecule has 2 fully saturated rings. The SMILES string of the molecule is O=C(O)C1CC1C(=O)N1CCN(C(=O)c2ccc(F)cc2)CC1. The van der Waals surface area contributed by atoms with E-state index in [-0.39, 0.29) is 11.8 Å². The lowest BCUT2D eigenvalue weighted by molar-refractivity contribution is -0.142. The molecule has 1 aliphatic carbocycles. The van der Waals surface area contributed by atoms with Gasteiger partial charge in [-0.15, -0.1) is 0 Å². The summed E-state index contributed by atoms with van der Waals surface area (Å²) in [6, 6.07) is 5.37. The van der Waals surface area contributed by atoms with Gasteiger partial charge in [-0.2, -0.15) is 0 Å². The Morgan fingerprint density at radius 2 is 1.52 bits per heavy atom. The fourth-order valence-corrected chi connectivity index (χ4v) is 2.88. The number of carbonyl (C=O) groups excluding carboxylic acids is 2. The highest BCUT2D eigenvalue weighted by Crippen LogP contribution is 2.40. The van der Waals surface area contributed by atoms with Gasteiger partial charge in [0.1, 0.15) is 5.82 Å². The zero-order chi connectivity index (χ0) is 16.6. The van der Waals surface area contributed by atoms with Gasteiger partial charge >= 0.3 is 5.97 Å². The molecule has 2 atom stereocenters. The molecule has 2 aliphatic rings. The maximum Gasteiger partial charge on any atom is 0.307 e. The average Bonchev–Trinajstić information content (AvgIpc) is 3.35. The Labute approximate surface area is 132 Å². The number of nitrogens with zero attached hydrogens (tertiary/aromatic N) is 2. The summed E-state index contributed by atoms with van der Waals surface area (Å²) in [5.74, 6) is -2.60. The zero-order valence-electron chi connectivity index (χ0n) is 12.4. The minimum atomic E-state index is -0.923. The van der Waals surface area contributed by atoms with Gasteiger partial charge in [0.2, 0.25) is 5.91 Å². The number of hydrogen-bond acceptors (Lipinski definition) is 3. The first-order valence-electron chi connectivity index (χ1n) is 7.54. The van der Waals surface area contributed by atoms with Crippen LogP contribution < -0.4 is 0 Å². The monoisotopic (exact) mass is 320 g/mol. The second kappa shape index (κ2) is 5.98. The molecule has 0 aromatic heterocycles. The molecule has 6 nitrogen and oxygen atoms in total. The molecule has 1 heterocycles. The molecule has 2 amide bonds. The number of benzene rings is 1. The molecule has 122 valence electrons. The molecule has 0 spiro atoms. The highest BCUT2D eigenvalue weighted by molar-refractivity contribution is 5.94. The summed E-state index contributed by atoms with van der Waals surface area (Å²) >= 11 is 0. The van der Waals surface area contributed by atoms with E-state index in [2.05, 4.69) is 0 Å². The van der Waals surface area contributed by atoms with E-state index in [9.17, 15) is 18.8 Å². The number of hydrogen-bond donors (Lipinski definition) is 1. The van der Waals surface area contributed by atoms with Crippen LogP contribution in [0.25, 0.3) is 0 Å². The van der Waals surface area contributed by atoms with Gasteiger partial charge in [0.15, 0.2) is 0 Å². The lowest BCUT2D eigenvalue weighted by Crippen LogP contribution is -2.51. The second-order valence-corrected chi connectivity index (χ2v) is 5.91. The fraction of sp³-hybridized carbons (Fsp3) is 0.438. The third-order valence-electron chi connectivity index (χ3n) is 4.39. The van der Waals surface area contributed by atoms with Gasteiger partial charge in [-0.25, -0.2) is 4.39 Å². The van der Waals surface area contributed by atoms with Crippen LogP contribution in [0.3, 0.4) is 0 Å².